The Morgan fingerprint density at radius 3 is 2.69 bits per heavy atom. The third-order valence-electron chi connectivity index (χ3n) is 4.83. The van der Waals surface area contributed by atoms with Crippen LogP contribution in [0.2, 0.25) is 5.02 Å². The van der Waals surface area contributed by atoms with Crippen molar-refractivity contribution in [3.05, 3.63) is 57.1 Å². The van der Waals surface area contributed by atoms with Crippen LogP contribution in [0, 0.1) is 0 Å². The van der Waals surface area contributed by atoms with Crippen LogP contribution in [0.4, 0.5) is 5.00 Å². The fourth-order valence-corrected chi connectivity index (χ4v) is 4.85. The molecule has 0 atom stereocenters. The Hall–Kier alpha value is -2.64. The summed E-state index contributed by atoms with van der Waals surface area (Å²) in [6.07, 6.45) is 3.95. The molecule has 150 valence electrons. The first-order valence-corrected chi connectivity index (χ1v) is 10.7. The van der Waals surface area contributed by atoms with Crippen molar-refractivity contribution in [3.8, 4) is 11.3 Å². The lowest BCUT2D eigenvalue weighted by atomic mass is 9.95. The molecule has 0 bridgehead atoms. The van der Waals surface area contributed by atoms with Crippen LogP contribution in [-0.2, 0) is 12.8 Å². The number of carbonyl (C=O) groups excluding carboxylic acids is 2. The van der Waals surface area contributed by atoms with Crippen molar-refractivity contribution >= 4 is 39.8 Å². The van der Waals surface area contributed by atoms with Crippen molar-refractivity contribution in [2.45, 2.75) is 32.6 Å². The molecule has 8 heteroatoms. The van der Waals surface area contributed by atoms with E-state index in [1.807, 2.05) is 6.92 Å². The van der Waals surface area contributed by atoms with Crippen LogP contribution >= 0.6 is 22.9 Å². The van der Waals surface area contributed by atoms with Gasteiger partial charge in [-0.1, -0.05) is 16.8 Å². The molecule has 0 unspecified atom stereocenters. The van der Waals surface area contributed by atoms with Gasteiger partial charge in [-0.25, -0.2) is 0 Å². The Kier molecular flexibility index (Phi) is 5.69. The zero-order valence-electron chi connectivity index (χ0n) is 15.9. The highest BCUT2D eigenvalue weighted by molar-refractivity contribution is 7.17. The fourth-order valence-electron chi connectivity index (χ4n) is 3.44. The highest BCUT2D eigenvalue weighted by Gasteiger charge is 2.27. The van der Waals surface area contributed by atoms with Crippen LogP contribution in [0.15, 0.2) is 34.9 Å². The Labute approximate surface area is 177 Å². The van der Waals surface area contributed by atoms with E-state index >= 15 is 0 Å². The van der Waals surface area contributed by atoms with Crippen molar-refractivity contribution in [1.82, 2.24) is 10.5 Å². The average molecular weight is 430 g/mol. The normalized spacial score (nSPS) is 13.0. The van der Waals surface area contributed by atoms with Gasteiger partial charge >= 0.3 is 0 Å². The van der Waals surface area contributed by atoms with Gasteiger partial charge in [-0.15, -0.1) is 11.3 Å². The number of hydrogen-bond acceptors (Lipinski definition) is 5. The first-order valence-electron chi connectivity index (χ1n) is 9.53. The Balaban J connectivity index is 1.59. The van der Waals surface area contributed by atoms with Crippen LogP contribution in [0.1, 0.15) is 51.1 Å². The van der Waals surface area contributed by atoms with Gasteiger partial charge in [0.15, 0.2) is 11.5 Å². The number of thiophene rings is 1. The fraction of sp³-hybridized carbons (Fsp3) is 0.286. The maximum atomic E-state index is 12.8. The number of anilines is 1. The van der Waals surface area contributed by atoms with E-state index in [4.69, 9.17) is 16.1 Å². The predicted octanol–water partition coefficient (Wildman–Crippen LogP) is 4.94. The lowest BCUT2D eigenvalue weighted by Gasteiger charge is -2.12. The van der Waals surface area contributed by atoms with E-state index in [1.165, 1.54) is 16.2 Å². The largest absolute Gasteiger partial charge is 0.355 e. The molecule has 1 aliphatic carbocycles. The quantitative estimate of drug-likeness (QED) is 0.601. The van der Waals surface area contributed by atoms with Gasteiger partial charge in [0.25, 0.3) is 11.8 Å². The molecule has 0 aliphatic heterocycles. The van der Waals surface area contributed by atoms with Crippen molar-refractivity contribution in [1.29, 1.82) is 0 Å². The van der Waals surface area contributed by atoms with E-state index < -0.39 is 5.91 Å². The number of aromatic nitrogens is 1. The van der Waals surface area contributed by atoms with E-state index in [2.05, 4.69) is 15.8 Å². The summed E-state index contributed by atoms with van der Waals surface area (Å²) in [5, 5.41) is 10.8. The second-order valence-corrected chi connectivity index (χ2v) is 8.35. The van der Waals surface area contributed by atoms with Crippen molar-refractivity contribution in [2.75, 3.05) is 11.9 Å². The number of fused-ring (bicyclic) bond motifs is 1. The molecule has 4 rings (SSSR count). The van der Waals surface area contributed by atoms with Gasteiger partial charge in [-0.3, -0.25) is 9.59 Å². The molecule has 2 amide bonds. The number of rotatable bonds is 5. The maximum absolute atomic E-state index is 12.8. The molecule has 3 aromatic rings. The molecule has 0 fully saturated rings. The number of nitrogens with one attached hydrogen (secondary N) is 2. The molecule has 0 spiro atoms. The van der Waals surface area contributed by atoms with E-state index in [1.54, 1.807) is 30.3 Å². The van der Waals surface area contributed by atoms with E-state index in [0.29, 0.717) is 27.9 Å². The monoisotopic (exact) mass is 429 g/mol. The number of amides is 2. The van der Waals surface area contributed by atoms with Gasteiger partial charge in [0.05, 0.1) is 5.56 Å². The molecule has 2 heterocycles. The molecule has 6 nitrogen and oxygen atoms in total. The number of nitrogens with zero attached hydrogens (tertiary/aromatic N) is 1. The van der Waals surface area contributed by atoms with Crippen LogP contribution in [-0.4, -0.2) is 23.5 Å². The first kappa shape index (κ1) is 19.7. The highest BCUT2D eigenvalue weighted by Crippen LogP contribution is 2.38. The summed E-state index contributed by atoms with van der Waals surface area (Å²) in [5.74, 6) is -0.0800. The molecule has 29 heavy (non-hydrogen) atoms. The van der Waals surface area contributed by atoms with Crippen LogP contribution in [0.25, 0.3) is 11.3 Å². The number of carbonyl (C=O) groups is 2. The van der Waals surface area contributed by atoms with Crippen LogP contribution in [0.3, 0.4) is 0 Å². The van der Waals surface area contributed by atoms with Gasteiger partial charge in [-0.2, -0.15) is 0 Å². The molecule has 0 saturated heterocycles. The standard InChI is InChI=1S/C21H20ClN3O3S/c1-2-23-20(27)18-14-5-3-4-6-17(14)29-21(18)24-19(26)15-11-16(28-25-15)12-7-9-13(22)10-8-12/h7-11H,2-6H2,1H3,(H,23,27)(H,24,26). The first-order chi connectivity index (χ1) is 14.1. The molecular formula is C21H20ClN3O3S. The van der Waals surface area contributed by atoms with Gasteiger partial charge < -0.3 is 15.2 Å². The van der Waals surface area contributed by atoms with Gasteiger partial charge in [0.2, 0.25) is 0 Å². The minimum atomic E-state index is -0.405. The molecule has 2 aromatic heterocycles. The average Bonchev–Trinajstić information content (AvgIpc) is 3.33. The van der Waals surface area contributed by atoms with E-state index in [0.717, 1.165) is 36.8 Å². The molecular weight excluding hydrogens is 410 g/mol. The molecule has 2 N–H and O–H groups in total. The number of hydrogen-bond donors (Lipinski definition) is 2. The predicted molar refractivity (Wildman–Crippen MR) is 114 cm³/mol. The smallest absolute Gasteiger partial charge is 0.278 e. The topological polar surface area (TPSA) is 84.2 Å². The minimum Gasteiger partial charge on any atom is -0.355 e. The summed E-state index contributed by atoms with van der Waals surface area (Å²) in [5.41, 5.74) is 2.57. The van der Waals surface area contributed by atoms with Crippen LogP contribution in [0.5, 0.6) is 0 Å². The summed E-state index contributed by atoms with van der Waals surface area (Å²) in [6.45, 7) is 2.41. The van der Waals surface area contributed by atoms with E-state index in [-0.39, 0.29) is 11.6 Å². The number of benzene rings is 1. The van der Waals surface area contributed by atoms with Gasteiger partial charge in [0, 0.05) is 28.1 Å². The summed E-state index contributed by atoms with van der Waals surface area (Å²) in [6, 6.07) is 8.66. The summed E-state index contributed by atoms with van der Waals surface area (Å²) < 4.78 is 5.32. The Morgan fingerprint density at radius 1 is 1.17 bits per heavy atom. The van der Waals surface area contributed by atoms with Crippen molar-refractivity contribution in [2.24, 2.45) is 0 Å². The number of aryl methyl sites for hydroxylation is 1. The summed E-state index contributed by atoms with van der Waals surface area (Å²) in [7, 11) is 0. The highest BCUT2D eigenvalue weighted by atomic mass is 35.5. The third kappa shape index (κ3) is 4.06. The molecule has 0 radical (unpaired) electrons. The second kappa shape index (κ2) is 8.39. The SMILES string of the molecule is CCNC(=O)c1c(NC(=O)c2cc(-c3ccc(Cl)cc3)on2)sc2c1CCCC2. The van der Waals surface area contributed by atoms with Gasteiger partial charge in [-0.05, 0) is 62.4 Å². The summed E-state index contributed by atoms with van der Waals surface area (Å²) in [4.78, 5) is 26.6. The molecule has 1 aromatic carbocycles. The zero-order chi connectivity index (χ0) is 20.4. The van der Waals surface area contributed by atoms with Crippen molar-refractivity contribution in [3.63, 3.8) is 0 Å². The second-order valence-electron chi connectivity index (χ2n) is 6.81. The van der Waals surface area contributed by atoms with Gasteiger partial charge in [0.1, 0.15) is 5.00 Å². The van der Waals surface area contributed by atoms with E-state index in [9.17, 15) is 9.59 Å². The third-order valence-corrected chi connectivity index (χ3v) is 6.29. The number of halogens is 1. The zero-order valence-corrected chi connectivity index (χ0v) is 17.5. The van der Waals surface area contributed by atoms with Crippen molar-refractivity contribution < 1.29 is 14.1 Å². The molecule has 1 aliphatic rings. The summed E-state index contributed by atoms with van der Waals surface area (Å²) >= 11 is 7.39. The van der Waals surface area contributed by atoms with Crippen LogP contribution < -0.4 is 10.6 Å². The lowest BCUT2D eigenvalue weighted by Crippen LogP contribution is -2.25. The lowest BCUT2D eigenvalue weighted by molar-refractivity contribution is 0.0956. The maximum Gasteiger partial charge on any atom is 0.278 e. The Bertz CT molecular complexity index is 1060. The Morgan fingerprint density at radius 2 is 1.93 bits per heavy atom. The molecule has 0 saturated carbocycles. The minimum absolute atomic E-state index is 0.149.